The number of nitrogens with zero attached hydrogens (tertiary/aromatic N) is 1. The third kappa shape index (κ3) is 8.31. The van der Waals surface area contributed by atoms with Gasteiger partial charge in [-0.05, 0) is 37.3 Å². The molecule has 6 heteroatoms. The van der Waals surface area contributed by atoms with Crippen LogP contribution in [0.15, 0.2) is 27.8 Å². The summed E-state index contributed by atoms with van der Waals surface area (Å²) in [5, 5.41) is 6.55. The van der Waals surface area contributed by atoms with Crippen LogP contribution in [0.2, 0.25) is 0 Å². The van der Waals surface area contributed by atoms with Crippen molar-refractivity contribution in [1.82, 2.24) is 10.6 Å². The molecule has 0 radical (unpaired) electrons. The zero-order valence-electron chi connectivity index (χ0n) is 12.6. The molecule has 0 amide bonds. The van der Waals surface area contributed by atoms with Gasteiger partial charge in [0.2, 0.25) is 0 Å². The highest BCUT2D eigenvalue weighted by atomic mass is 127. The van der Waals surface area contributed by atoms with Crippen LogP contribution in [0.5, 0.6) is 0 Å². The number of guanidine groups is 1. The molecule has 0 atom stereocenters. The molecule has 0 spiro atoms. The number of hydrogen-bond acceptors (Lipinski definition) is 3. The maximum absolute atomic E-state index is 5.59. The number of ether oxygens (including phenoxy) is 1. The number of nitrogens with one attached hydrogen (secondary N) is 2. The van der Waals surface area contributed by atoms with Crippen molar-refractivity contribution in [2.75, 3.05) is 33.4 Å². The van der Waals surface area contributed by atoms with E-state index >= 15 is 0 Å². The molecule has 1 aliphatic rings. The van der Waals surface area contributed by atoms with Gasteiger partial charge in [-0.2, -0.15) is 0 Å². The molecule has 2 N–H and O–H groups in total. The van der Waals surface area contributed by atoms with Crippen molar-refractivity contribution in [3.05, 3.63) is 24.2 Å². The second kappa shape index (κ2) is 10.9. The zero-order valence-corrected chi connectivity index (χ0v) is 15.0. The molecular formula is C15H26IN3O2. The van der Waals surface area contributed by atoms with Gasteiger partial charge in [0.05, 0.1) is 6.26 Å². The Bertz CT molecular complexity index is 392. The van der Waals surface area contributed by atoms with Gasteiger partial charge in [-0.3, -0.25) is 4.99 Å². The Labute approximate surface area is 143 Å². The monoisotopic (exact) mass is 407 g/mol. The molecule has 1 aromatic rings. The van der Waals surface area contributed by atoms with E-state index in [9.17, 15) is 0 Å². The first-order valence-electron chi connectivity index (χ1n) is 7.43. The minimum atomic E-state index is 0. The van der Waals surface area contributed by atoms with Crippen LogP contribution in [0, 0.1) is 5.92 Å². The van der Waals surface area contributed by atoms with Gasteiger partial charge in [-0.25, -0.2) is 0 Å². The van der Waals surface area contributed by atoms with Gasteiger partial charge in [-0.15, -0.1) is 24.0 Å². The van der Waals surface area contributed by atoms with E-state index in [1.54, 1.807) is 13.3 Å². The molecule has 1 heterocycles. The van der Waals surface area contributed by atoms with Crippen LogP contribution in [0.3, 0.4) is 0 Å². The fourth-order valence-electron chi connectivity index (χ4n) is 1.90. The van der Waals surface area contributed by atoms with Gasteiger partial charge >= 0.3 is 0 Å². The summed E-state index contributed by atoms with van der Waals surface area (Å²) in [6.45, 7) is 3.46. The van der Waals surface area contributed by atoms with E-state index in [1.807, 2.05) is 12.1 Å². The highest BCUT2D eigenvalue weighted by Crippen LogP contribution is 2.28. The lowest BCUT2D eigenvalue weighted by Crippen LogP contribution is -2.39. The lowest BCUT2D eigenvalue weighted by molar-refractivity contribution is 0.123. The second-order valence-electron chi connectivity index (χ2n) is 5.13. The van der Waals surface area contributed by atoms with Crippen LogP contribution in [0.25, 0.3) is 0 Å². The Morgan fingerprint density at radius 2 is 2.19 bits per heavy atom. The smallest absolute Gasteiger partial charge is 0.190 e. The number of rotatable bonds is 9. The molecule has 0 unspecified atom stereocenters. The fraction of sp³-hybridized carbons (Fsp3) is 0.667. The van der Waals surface area contributed by atoms with Crippen molar-refractivity contribution < 1.29 is 9.15 Å². The maximum Gasteiger partial charge on any atom is 0.190 e. The molecule has 0 aromatic carbocycles. The van der Waals surface area contributed by atoms with Crippen molar-refractivity contribution in [2.45, 2.75) is 25.7 Å². The first-order chi connectivity index (χ1) is 9.88. The van der Waals surface area contributed by atoms with Crippen molar-refractivity contribution in [3.63, 3.8) is 0 Å². The number of hydrogen-bond donors (Lipinski definition) is 2. The first kappa shape index (κ1) is 18.3. The van der Waals surface area contributed by atoms with Crippen LogP contribution < -0.4 is 10.6 Å². The molecule has 1 aliphatic carbocycles. The lowest BCUT2D eigenvalue weighted by Gasteiger charge is -2.11. The summed E-state index contributed by atoms with van der Waals surface area (Å²) in [5.74, 6) is 2.67. The molecule has 120 valence electrons. The minimum Gasteiger partial charge on any atom is -0.469 e. The highest BCUT2D eigenvalue weighted by Gasteiger charge is 2.20. The van der Waals surface area contributed by atoms with E-state index in [0.717, 1.165) is 56.8 Å². The molecule has 0 bridgehead atoms. The first-order valence-corrected chi connectivity index (χ1v) is 7.43. The summed E-state index contributed by atoms with van der Waals surface area (Å²) in [4.78, 5) is 4.19. The molecule has 2 rings (SSSR count). The van der Waals surface area contributed by atoms with Gasteiger partial charge in [0.1, 0.15) is 5.76 Å². The number of aliphatic imine (C=N–C) groups is 1. The summed E-state index contributed by atoms with van der Waals surface area (Å²) in [5.41, 5.74) is 0. The van der Waals surface area contributed by atoms with Crippen LogP contribution in [-0.2, 0) is 11.2 Å². The Morgan fingerprint density at radius 3 is 2.86 bits per heavy atom. The molecule has 1 fully saturated rings. The van der Waals surface area contributed by atoms with Crippen molar-refractivity contribution >= 4 is 29.9 Å². The molecule has 1 aromatic heterocycles. The SMILES string of the molecule is CN=C(NCCCOCC1CC1)NCCc1ccco1.I. The van der Waals surface area contributed by atoms with Gasteiger partial charge in [0.15, 0.2) is 5.96 Å². The van der Waals surface area contributed by atoms with Crippen LogP contribution in [0.4, 0.5) is 0 Å². The maximum atomic E-state index is 5.59. The Balaban J connectivity index is 0.00000220. The van der Waals surface area contributed by atoms with Crippen LogP contribution in [0.1, 0.15) is 25.0 Å². The standard InChI is InChI=1S/C15H25N3O2.HI/c1-16-15(18-9-7-14-4-2-11-20-14)17-8-3-10-19-12-13-5-6-13;/h2,4,11,13H,3,5-10,12H2,1H3,(H2,16,17,18);1H. The summed E-state index contributed by atoms with van der Waals surface area (Å²) in [7, 11) is 1.78. The Kier molecular flexibility index (Phi) is 9.49. The predicted octanol–water partition coefficient (Wildman–Crippen LogP) is 2.42. The average molecular weight is 407 g/mol. The molecular weight excluding hydrogens is 381 g/mol. The predicted molar refractivity (Wildman–Crippen MR) is 95.4 cm³/mol. The summed E-state index contributed by atoms with van der Waals surface area (Å²) < 4.78 is 10.9. The molecule has 0 aliphatic heterocycles. The largest absolute Gasteiger partial charge is 0.469 e. The highest BCUT2D eigenvalue weighted by molar-refractivity contribution is 14.0. The normalized spacial score (nSPS) is 14.6. The summed E-state index contributed by atoms with van der Waals surface area (Å²) >= 11 is 0. The second-order valence-corrected chi connectivity index (χ2v) is 5.13. The van der Waals surface area contributed by atoms with Crippen molar-refractivity contribution in [2.24, 2.45) is 10.9 Å². The Morgan fingerprint density at radius 1 is 1.38 bits per heavy atom. The van der Waals surface area contributed by atoms with Gasteiger partial charge in [0, 0.05) is 39.8 Å². The summed E-state index contributed by atoms with van der Waals surface area (Å²) in [6, 6.07) is 3.89. The van der Waals surface area contributed by atoms with E-state index in [4.69, 9.17) is 9.15 Å². The fourth-order valence-corrected chi connectivity index (χ4v) is 1.90. The van der Waals surface area contributed by atoms with E-state index in [-0.39, 0.29) is 24.0 Å². The minimum absolute atomic E-state index is 0. The third-order valence-corrected chi connectivity index (χ3v) is 3.28. The van der Waals surface area contributed by atoms with E-state index in [0.29, 0.717) is 0 Å². The van der Waals surface area contributed by atoms with E-state index in [2.05, 4.69) is 15.6 Å². The quantitative estimate of drug-likeness (QED) is 0.286. The van der Waals surface area contributed by atoms with Gasteiger partial charge in [-0.1, -0.05) is 0 Å². The third-order valence-electron chi connectivity index (χ3n) is 3.28. The lowest BCUT2D eigenvalue weighted by atomic mass is 10.3. The molecule has 21 heavy (non-hydrogen) atoms. The topological polar surface area (TPSA) is 58.8 Å². The van der Waals surface area contributed by atoms with Crippen LogP contribution >= 0.6 is 24.0 Å². The number of furan rings is 1. The van der Waals surface area contributed by atoms with Crippen molar-refractivity contribution in [1.29, 1.82) is 0 Å². The van der Waals surface area contributed by atoms with E-state index in [1.165, 1.54) is 12.8 Å². The molecule has 1 saturated carbocycles. The Hall–Kier alpha value is -0.760. The molecule has 0 saturated heterocycles. The number of halogens is 1. The van der Waals surface area contributed by atoms with Crippen molar-refractivity contribution in [3.8, 4) is 0 Å². The van der Waals surface area contributed by atoms with Gasteiger partial charge < -0.3 is 19.8 Å². The van der Waals surface area contributed by atoms with E-state index < -0.39 is 0 Å². The average Bonchev–Trinajstić information content (AvgIpc) is 3.14. The van der Waals surface area contributed by atoms with Gasteiger partial charge in [0.25, 0.3) is 0 Å². The summed E-state index contributed by atoms with van der Waals surface area (Å²) in [6.07, 6.45) is 6.27. The molecule has 5 nitrogen and oxygen atoms in total. The zero-order chi connectivity index (χ0) is 14.0. The van der Waals surface area contributed by atoms with Crippen LogP contribution in [-0.4, -0.2) is 39.3 Å².